The van der Waals surface area contributed by atoms with Gasteiger partial charge in [0.15, 0.2) is 5.65 Å². The second-order valence-corrected chi connectivity index (χ2v) is 12.1. The number of likely N-dealkylation sites (N-methyl/N-ethyl adjacent to an activating group) is 1. The highest BCUT2D eigenvalue weighted by Gasteiger charge is 2.58. The summed E-state index contributed by atoms with van der Waals surface area (Å²) in [5, 5.41) is 0.719. The molecule has 5 rings (SSSR count). The van der Waals surface area contributed by atoms with Crippen LogP contribution in [0.2, 0.25) is 0 Å². The number of hydrogen-bond acceptors (Lipinski definition) is 7. The molecular formula is C25H36N6O4S. The van der Waals surface area contributed by atoms with Crippen molar-refractivity contribution < 1.29 is 9.59 Å². The first-order valence-corrected chi connectivity index (χ1v) is 13.9. The second kappa shape index (κ2) is 8.71. The fourth-order valence-electron chi connectivity index (χ4n) is 6.73. The first-order valence-electron chi connectivity index (χ1n) is 13.1. The Labute approximate surface area is 214 Å². The van der Waals surface area contributed by atoms with Gasteiger partial charge in [-0.25, -0.2) is 9.59 Å². The summed E-state index contributed by atoms with van der Waals surface area (Å²) in [5.74, 6) is -0.129. The Morgan fingerprint density at radius 3 is 2.31 bits per heavy atom. The number of carbonyl (C=O) groups excluding carboxylic acids is 2. The van der Waals surface area contributed by atoms with E-state index in [1.54, 1.807) is 9.47 Å². The number of hydrogen-bond donors (Lipinski definition) is 1. The Morgan fingerprint density at radius 1 is 1.06 bits per heavy atom. The van der Waals surface area contributed by atoms with Crippen molar-refractivity contribution in [2.75, 3.05) is 12.3 Å². The standard InChI is InChI=1S/C25H36N6O4S/c1-5-7-12-29-19-17(18(26)36-27-19)20(32)30(22(29)34)15-8-10-25(11-9-15)13-16(14-25)31-23(35)28(6-2)21(33)24(31,3)4/h15-16H,5-14,26H2,1-4H3. The number of carbonyl (C=O) groups is 2. The molecule has 2 saturated carbocycles. The summed E-state index contributed by atoms with van der Waals surface area (Å²) in [6.07, 6.45) is 6.70. The predicted molar refractivity (Wildman–Crippen MR) is 139 cm³/mol. The number of nitrogen functional groups attached to an aromatic ring is 1. The van der Waals surface area contributed by atoms with Crippen LogP contribution in [0.15, 0.2) is 9.59 Å². The van der Waals surface area contributed by atoms with Crippen molar-refractivity contribution in [2.24, 2.45) is 5.41 Å². The summed E-state index contributed by atoms with van der Waals surface area (Å²) in [5.41, 5.74) is 5.16. The molecule has 1 saturated heterocycles. The van der Waals surface area contributed by atoms with Crippen molar-refractivity contribution in [1.29, 1.82) is 0 Å². The Hall–Kier alpha value is -2.69. The van der Waals surface area contributed by atoms with E-state index < -0.39 is 5.54 Å². The second-order valence-electron chi connectivity index (χ2n) is 11.3. The van der Waals surface area contributed by atoms with Crippen LogP contribution in [0.25, 0.3) is 11.0 Å². The van der Waals surface area contributed by atoms with E-state index in [0.717, 1.165) is 62.9 Å². The number of anilines is 1. The Balaban J connectivity index is 1.35. The van der Waals surface area contributed by atoms with Gasteiger partial charge in [0, 0.05) is 25.2 Å². The van der Waals surface area contributed by atoms with Crippen LogP contribution >= 0.6 is 11.5 Å². The van der Waals surface area contributed by atoms with E-state index in [9.17, 15) is 19.2 Å². The molecule has 0 aromatic carbocycles. The molecule has 2 aromatic rings. The molecule has 1 aliphatic heterocycles. The summed E-state index contributed by atoms with van der Waals surface area (Å²) in [6.45, 7) is 8.46. The number of imide groups is 1. The summed E-state index contributed by atoms with van der Waals surface area (Å²) >= 11 is 1.07. The average molecular weight is 517 g/mol. The number of rotatable bonds is 6. The summed E-state index contributed by atoms with van der Waals surface area (Å²) in [4.78, 5) is 55.6. The minimum Gasteiger partial charge on any atom is -0.389 e. The molecule has 2 N–H and O–H groups in total. The van der Waals surface area contributed by atoms with Gasteiger partial charge in [-0.15, -0.1) is 0 Å². The smallest absolute Gasteiger partial charge is 0.332 e. The monoisotopic (exact) mass is 516 g/mol. The van der Waals surface area contributed by atoms with Crippen molar-refractivity contribution in [3.63, 3.8) is 0 Å². The molecule has 11 heteroatoms. The van der Waals surface area contributed by atoms with Crippen molar-refractivity contribution in [2.45, 2.75) is 103 Å². The van der Waals surface area contributed by atoms with Gasteiger partial charge in [-0.2, -0.15) is 4.37 Å². The average Bonchev–Trinajstić information content (AvgIpc) is 3.27. The molecule has 0 atom stereocenters. The Morgan fingerprint density at radius 2 is 1.72 bits per heavy atom. The molecule has 3 aliphatic rings. The lowest BCUT2D eigenvalue weighted by Crippen LogP contribution is -2.59. The van der Waals surface area contributed by atoms with Crippen LogP contribution in [0.5, 0.6) is 0 Å². The van der Waals surface area contributed by atoms with Crippen LogP contribution in [-0.2, 0) is 11.3 Å². The molecule has 2 aromatic heterocycles. The van der Waals surface area contributed by atoms with Crippen molar-refractivity contribution in [3.8, 4) is 0 Å². The van der Waals surface area contributed by atoms with Crippen LogP contribution in [0.1, 0.15) is 85.1 Å². The van der Waals surface area contributed by atoms with Gasteiger partial charge < -0.3 is 10.6 Å². The lowest BCUT2D eigenvalue weighted by molar-refractivity contribution is -0.133. The molecule has 10 nitrogen and oxygen atoms in total. The van der Waals surface area contributed by atoms with E-state index in [-0.39, 0.29) is 40.7 Å². The van der Waals surface area contributed by atoms with Crippen LogP contribution in [0, 0.1) is 5.41 Å². The zero-order valence-corrected chi connectivity index (χ0v) is 22.4. The topological polar surface area (TPSA) is 124 Å². The zero-order valence-electron chi connectivity index (χ0n) is 21.6. The Kier molecular flexibility index (Phi) is 6.04. The molecule has 3 amide bonds. The lowest BCUT2D eigenvalue weighted by atomic mass is 9.57. The largest absolute Gasteiger partial charge is 0.389 e. The van der Waals surface area contributed by atoms with E-state index in [1.165, 1.54) is 9.47 Å². The molecule has 36 heavy (non-hydrogen) atoms. The van der Waals surface area contributed by atoms with Gasteiger partial charge in [0.05, 0.1) is 0 Å². The molecule has 0 bridgehead atoms. The maximum atomic E-state index is 13.5. The number of nitrogens with zero attached hydrogens (tertiary/aromatic N) is 5. The highest BCUT2D eigenvalue weighted by atomic mass is 32.1. The minimum absolute atomic E-state index is 0.0478. The molecule has 1 spiro atoms. The molecule has 0 radical (unpaired) electrons. The molecule has 3 heterocycles. The third-order valence-corrected chi connectivity index (χ3v) is 9.43. The molecule has 196 valence electrons. The van der Waals surface area contributed by atoms with Crippen molar-refractivity contribution in [3.05, 3.63) is 20.8 Å². The number of aryl methyl sites for hydroxylation is 1. The first kappa shape index (κ1) is 25.0. The summed E-state index contributed by atoms with van der Waals surface area (Å²) < 4.78 is 7.36. The van der Waals surface area contributed by atoms with E-state index in [2.05, 4.69) is 11.3 Å². The third kappa shape index (κ3) is 3.53. The van der Waals surface area contributed by atoms with Gasteiger partial charge >= 0.3 is 11.7 Å². The molecule has 2 aliphatic carbocycles. The minimum atomic E-state index is -0.822. The van der Waals surface area contributed by atoms with Gasteiger partial charge in [-0.3, -0.25) is 23.6 Å². The quantitative estimate of drug-likeness (QED) is 0.588. The number of unbranched alkanes of at least 4 members (excludes halogenated alkanes) is 1. The first-order chi connectivity index (χ1) is 17.1. The number of fused-ring (bicyclic) bond motifs is 1. The van der Waals surface area contributed by atoms with Gasteiger partial charge in [-0.05, 0) is 82.7 Å². The van der Waals surface area contributed by atoms with Crippen LogP contribution in [-0.4, -0.2) is 53.4 Å². The highest BCUT2D eigenvalue weighted by Crippen LogP contribution is 2.56. The maximum Gasteiger partial charge on any atom is 0.332 e. The van der Waals surface area contributed by atoms with Crippen LogP contribution in [0.3, 0.4) is 0 Å². The molecule has 3 fully saturated rings. The fourth-order valence-corrected chi connectivity index (χ4v) is 7.38. The number of aromatic nitrogens is 3. The predicted octanol–water partition coefficient (Wildman–Crippen LogP) is 3.33. The normalized spacial score (nSPS) is 27.9. The van der Waals surface area contributed by atoms with E-state index in [1.807, 2.05) is 20.8 Å². The van der Waals surface area contributed by atoms with Crippen LogP contribution < -0.4 is 17.0 Å². The number of urea groups is 1. The van der Waals surface area contributed by atoms with E-state index in [4.69, 9.17) is 5.73 Å². The van der Waals surface area contributed by atoms with Gasteiger partial charge in [0.25, 0.3) is 11.5 Å². The van der Waals surface area contributed by atoms with Crippen LogP contribution in [0.4, 0.5) is 9.80 Å². The zero-order chi connectivity index (χ0) is 26.0. The SMILES string of the molecule is CCCCn1c(=O)n(C2CCC3(CC2)CC(N2C(=O)N(CC)C(=O)C2(C)C)C3)c(=O)c2c(N)snc21. The lowest BCUT2D eigenvalue weighted by Gasteiger charge is -2.55. The summed E-state index contributed by atoms with van der Waals surface area (Å²) in [6, 6.07) is -0.310. The number of amides is 3. The number of nitrogens with two attached hydrogens (primary N) is 1. The summed E-state index contributed by atoms with van der Waals surface area (Å²) in [7, 11) is 0. The molecular weight excluding hydrogens is 480 g/mol. The van der Waals surface area contributed by atoms with Gasteiger partial charge in [-0.1, -0.05) is 13.3 Å². The fraction of sp³-hybridized carbons (Fsp3) is 0.720. The van der Waals surface area contributed by atoms with E-state index >= 15 is 0 Å². The van der Waals surface area contributed by atoms with Crippen molar-refractivity contribution >= 4 is 39.5 Å². The highest BCUT2D eigenvalue weighted by molar-refractivity contribution is 7.11. The maximum absolute atomic E-state index is 13.5. The van der Waals surface area contributed by atoms with Gasteiger partial charge in [0.2, 0.25) is 0 Å². The van der Waals surface area contributed by atoms with Gasteiger partial charge in [0.1, 0.15) is 15.9 Å². The van der Waals surface area contributed by atoms with E-state index in [0.29, 0.717) is 29.1 Å². The van der Waals surface area contributed by atoms with Crippen molar-refractivity contribution in [1.82, 2.24) is 23.3 Å². The Bertz CT molecular complexity index is 1320. The third-order valence-electron chi connectivity index (χ3n) is 8.77. The molecule has 0 unspecified atom stereocenters.